The minimum absolute atomic E-state index is 0.0861. The van der Waals surface area contributed by atoms with Crippen LogP contribution in [0.3, 0.4) is 0 Å². The van der Waals surface area contributed by atoms with Crippen molar-refractivity contribution < 1.29 is 24.2 Å². The summed E-state index contributed by atoms with van der Waals surface area (Å²) in [5.41, 5.74) is 1.30. The zero-order valence-electron chi connectivity index (χ0n) is 13.6. The third-order valence-corrected chi connectivity index (χ3v) is 3.79. The number of hydrogen-bond acceptors (Lipinski definition) is 4. The lowest BCUT2D eigenvalue weighted by atomic mass is 10.0. The van der Waals surface area contributed by atoms with Crippen molar-refractivity contribution in [2.24, 2.45) is 0 Å². The van der Waals surface area contributed by atoms with Crippen molar-refractivity contribution in [2.75, 3.05) is 7.11 Å². The number of amides is 1. The molecule has 1 amide bonds. The van der Waals surface area contributed by atoms with Crippen LogP contribution in [0.25, 0.3) is 0 Å². The Morgan fingerprint density at radius 3 is 2.52 bits per heavy atom. The number of carbonyl (C=O) groups excluding carboxylic acids is 1. The fraction of sp³-hybridized carbons (Fsp3) is 0.222. The maximum Gasteiger partial charge on any atom is 0.407 e. The first-order valence-corrected chi connectivity index (χ1v) is 7.90. The van der Waals surface area contributed by atoms with Crippen molar-refractivity contribution in [3.8, 4) is 5.75 Å². The quantitative estimate of drug-likeness (QED) is 0.781. The summed E-state index contributed by atoms with van der Waals surface area (Å²) in [6.45, 7) is 0.0861. The molecule has 7 heteroatoms. The van der Waals surface area contributed by atoms with Gasteiger partial charge in [-0.3, -0.25) is 4.79 Å². The Morgan fingerprint density at radius 2 is 1.92 bits per heavy atom. The molecule has 1 unspecified atom stereocenters. The van der Waals surface area contributed by atoms with Gasteiger partial charge in [0.2, 0.25) is 0 Å². The topological polar surface area (TPSA) is 84.9 Å². The van der Waals surface area contributed by atoms with Gasteiger partial charge in [-0.25, -0.2) is 4.79 Å². The van der Waals surface area contributed by atoms with E-state index in [9.17, 15) is 9.59 Å². The SMILES string of the molecule is COc1ccc(C(CC(=O)O)NC(=O)OCc2ccccc2)c(Cl)c1. The Morgan fingerprint density at radius 1 is 1.20 bits per heavy atom. The Balaban J connectivity index is 2.06. The van der Waals surface area contributed by atoms with E-state index in [1.807, 2.05) is 30.3 Å². The number of carbonyl (C=O) groups is 2. The molecule has 2 rings (SSSR count). The molecule has 0 aliphatic carbocycles. The van der Waals surface area contributed by atoms with Gasteiger partial charge in [0.15, 0.2) is 0 Å². The standard InChI is InChI=1S/C18H18ClNO5/c1-24-13-7-8-14(15(19)9-13)16(10-17(21)22)20-18(23)25-11-12-5-3-2-4-6-12/h2-9,16H,10-11H2,1H3,(H,20,23)(H,21,22). The maximum absolute atomic E-state index is 12.0. The maximum atomic E-state index is 12.0. The number of ether oxygens (including phenoxy) is 2. The van der Waals surface area contributed by atoms with Crippen molar-refractivity contribution in [3.05, 3.63) is 64.7 Å². The first kappa shape index (κ1) is 18.6. The normalized spacial score (nSPS) is 11.4. The predicted octanol–water partition coefficient (Wildman–Crippen LogP) is 3.79. The zero-order chi connectivity index (χ0) is 18.2. The van der Waals surface area contributed by atoms with Crippen molar-refractivity contribution in [3.63, 3.8) is 0 Å². The molecule has 0 bridgehead atoms. The summed E-state index contributed by atoms with van der Waals surface area (Å²) in [6, 6.07) is 13.2. The lowest BCUT2D eigenvalue weighted by molar-refractivity contribution is -0.137. The number of carboxylic acids is 1. The zero-order valence-corrected chi connectivity index (χ0v) is 14.3. The summed E-state index contributed by atoms with van der Waals surface area (Å²) in [5.74, 6) is -0.533. The lowest BCUT2D eigenvalue weighted by Gasteiger charge is -2.19. The summed E-state index contributed by atoms with van der Waals surface area (Å²) in [7, 11) is 1.50. The van der Waals surface area contributed by atoms with E-state index in [0.29, 0.717) is 16.3 Å². The van der Waals surface area contributed by atoms with E-state index >= 15 is 0 Å². The highest BCUT2D eigenvalue weighted by Gasteiger charge is 2.21. The molecule has 132 valence electrons. The summed E-state index contributed by atoms with van der Waals surface area (Å²) in [5, 5.41) is 11.9. The molecule has 2 aromatic carbocycles. The number of aliphatic carboxylic acids is 1. The highest BCUT2D eigenvalue weighted by molar-refractivity contribution is 6.31. The average Bonchev–Trinajstić information content (AvgIpc) is 2.59. The van der Waals surface area contributed by atoms with Crippen molar-refractivity contribution in [2.45, 2.75) is 19.1 Å². The summed E-state index contributed by atoms with van der Waals surface area (Å²) in [6.07, 6.45) is -1.05. The number of halogens is 1. The van der Waals surface area contributed by atoms with E-state index in [0.717, 1.165) is 5.56 Å². The first-order valence-electron chi connectivity index (χ1n) is 7.52. The number of nitrogens with one attached hydrogen (secondary N) is 1. The van der Waals surface area contributed by atoms with Gasteiger partial charge in [0.25, 0.3) is 0 Å². The summed E-state index contributed by atoms with van der Waals surface area (Å²) >= 11 is 6.18. The molecule has 0 saturated heterocycles. The van der Waals surface area contributed by atoms with Crippen LogP contribution in [-0.4, -0.2) is 24.3 Å². The number of hydrogen-bond donors (Lipinski definition) is 2. The van der Waals surface area contributed by atoms with E-state index in [-0.39, 0.29) is 13.0 Å². The van der Waals surface area contributed by atoms with Crippen LogP contribution in [0.1, 0.15) is 23.6 Å². The molecule has 2 aromatic rings. The monoisotopic (exact) mass is 363 g/mol. The fourth-order valence-corrected chi connectivity index (χ4v) is 2.54. The van der Waals surface area contributed by atoms with Crippen LogP contribution >= 0.6 is 11.6 Å². The second kappa shape index (κ2) is 8.94. The molecule has 0 radical (unpaired) electrons. The smallest absolute Gasteiger partial charge is 0.407 e. The number of rotatable bonds is 7. The van der Waals surface area contributed by atoms with E-state index in [4.69, 9.17) is 26.2 Å². The molecular weight excluding hydrogens is 346 g/mol. The van der Waals surface area contributed by atoms with Crippen molar-refractivity contribution in [1.82, 2.24) is 5.32 Å². The van der Waals surface area contributed by atoms with Gasteiger partial charge in [0.05, 0.1) is 19.6 Å². The largest absolute Gasteiger partial charge is 0.497 e. The Labute approximate surface area is 150 Å². The predicted molar refractivity (Wildman–Crippen MR) is 92.8 cm³/mol. The van der Waals surface area contributed by atoms with Crippen LogP contribution in [0.2, 0.25) is 5.02 Å². The average molecular weight is 364 g/mol. The summed E-state index contributed by atoms with van der Waals surface area (Å²) in [4.78, 5) is 23.1. The minimum Gasteiger partial charge on any atom is -0.497 e. The van der Waals surface area contributed by atoms with Crippen molar-refractivity contribution in [1.29, 1.82) is 0 Å². The van der Waals surface area contributed by atoms with Crippen LogP contribution in [0.15, 0.2) is 48.5 Å². The number of methoxy groups -OCH3 is 1. The molecule has 0 aromatic heterocycles. The molecule has 0 aliphatic heterocycles. The molecule has 2 N–H and O–H groups in total. The molecule has 25 heavy (non-hydrogen) atoms. The van der Waals surface area contributed by atoms with Crippen LogP contribution in [0.5, 0.6) is 5.75 Å². The molecule has 0 aliphatic rings. The Kier molecular flexibility index (Phi) is 6.65. The third kappa shape index (κ3) is 5.69. The van der Waals surface area contributed by atoms with Crippen LogP contribution in [0.4, 0.5) is 4.79 Å². The van der Waals surface area contributed by atoms with Gasteiger partial charge in [-0.15, -0.1) is 0 Å². The molecule has 0 fully saturated rings. The second-order valence-corrected chi connectivity index (χ2v) is 5.65. The molecule has 0 spiro atoms. The number of carboxylic acid groups (broad SMARTS) is 1. The number of alkyl carbamates (subject to hydrolysis) is 1. The van der Waals surface area contributed by atoms with Gasteiger partial charge in [-0.1, -0.05) is 48.0 Å². The van der Waals surface area contributed by atoms with E-state index in [1.165, 1.54) is 7.11 Å². The highest BCUT2D eigenvalue weighted by Crippen LogP contribution is 2.29. The molecule has 0 saturated carbocycles. The lowest BCUT2D eigenvalue weighted by Crippen LogP contribution is -2.30. The second-order valence-electron chi connectivity index (χ2n) is 5.24. The molecule has 6 nitrogen and oxygen atoms in total. The minimum atomic E-state index is -1.07. The van der Waals surface area contributed by atoms with Crippen LogP contribution in [-0.2, 0) is 16.1 Å². The van der Waals surface area contributed by atoms with Gasteiger partial charge in [0.1, 0.15) is 12.4 Å². The fourth-order valence-electron chi connectivity index (χ4n) is 2.24. The highest BCUT2D eigenvalue weighted by atomic mass is 35.5. The van der Waals surface area contributed by atoms with Crippen molar-refractivity contribution >= 4 is 23.7 Å². The van der Waals surface area contributed by atoms with E-state index < -0.39 is 18.1 Å². The first-order chi connectivity index (χ1) is 12.0. The molecular formula is C18H18ClNO5. The number of benzene rings is 2. The van der Waals surface area contributed by atoms with E-state index in [1.54, 1.807) is 18.2 Å². The molecule has 0 heterocycles. The third-order valence-electron chi connectivity index (χ3n) is 3.47. The summed E-state index contributed by atoms with van der Waals surface area (Å²) < 4.78 is 10.2. The Bertz CT molecular complexity index is 736. The van der Waals surface area contributed by atoms with Crippen LogP contribution in [0, 0.1) is 0 Å². The van der Waals surface area contributed by atoms with E-state index in [2.05, 4.69) is 5.32 Å². The van der Waals surface area contributed by atoms with Gasteiger partial charge in [-0.2, -0.15) is 0 Å². The van der Waals surface area contributed by atoms with Crippen LogP contribution < -0.4 is 10.1 Å². The van der Waals surface area contributed by atoms with Gasteiger partial charge >= 0.3 is 12.1 Å². The van der Waals surface area contributed by atoms with Gasteiger partial charge in [-0.05, 0) is 23.3 Å². The van der Waals surface area contributed by atoms with Gasteiger partial charge in [0, 0.05) is 5.02 Å². The Hall–Kier alpha value is -2.73. The van der Waals surface area contributed by atoms with Gasteiger partial charge < -0.3 is 19.9 Å². The molecule has 1 atom stereocenters.